The second-order valence-electron chi connectivity index (χ2n) is 6.36. The van der Waals surface area contributed by atoms with Crippen LogP contribution in [0.25, 0.3) is 22.3 Å². The fraction of sp³-hybridized carbons (Fsp3) is 0.0909. The molecule has 4 N–H and O–H groups in total. The number of nitrogens with zero attached hydrogens (tertiary/aromatic N) is 1. The third-order valence-corrected chi connectivity index (χ3v) is 4.67. The molecule has 2 aromatic carbocycles. The van der Waals surface area contributed by atoms with Crippen molar-refractivity contribution in [1.29, 1.82) is 0 Å². The third kappa shape index (κ3) is 3.15. The zero-order valence-corrected chi connectivity index (χ0v) is 15.0. The number of pyridine rings is 1. The number of aryl methyl sites for hydroxylation is 1. The Bertz CT molecular complexity index is 1120. The topological polar surface area (TPSA) is 83.8 Å². The van der Waals surface area contributed by atoms with Gasteiger partial charge in [0.1, 0.15) is 5.65 Å². The van der Waals surface area contributed by atoms with Crippen molar-refractivity contribution < 1.29 is 4.79 Å². The van der Waals surface area contributed by atoms with Crippen molar-refractivity contribution >= 4 is 28.3 Å². The first-order valence-electron chi connectivity index (χ1n) is 8.89. The van der Waals surface area contributed by atoms with Crippen molar-refractivity contribution in [3.05, 3.63) is 78.0 Å². The van der Waals surface area contributed by atoms with E-state index in [1.54, 1.807) is 0 Å². The molecule has 4 rings (SSSR count). The number of aromatic amines is 1. The first kappa shape index (κ1) is 16.8. The van der Waals surface area contributed by atoms with Crippen LogP contribution in [0.4, 0.5) is 11.4 Å². The number of nitrogens with two attached hydrogens (primary N) is 1. The van der Waals surface area contributed by atoms with Gasteiger partial charge in [-0.3, -0.25) is 4.79 Å². The molecule has 1 amide bonds. The Hall–Kier alpha value is -3.60. The quantitative estimate of drug-likeness (QED) is 0.487. The van der Waals surface area contributed by atoms with Gasteiger partial charge in [-0.15, -0.1) is 0 Å². The van der Waals surface area contributed by atoms with Gasteiger partial charge in [0.15, 0.2) is 0 Å². The van der Waals surface area contributed by atoms with Gasteiger partial charge in [0.25, 0.3) is 5.91 Å². The predicted molar refractivity (Wildman–Crippen MR) is 109 cm³/mol. The highest BCUT2D eigenvalue weighted by molar-refractivity contribution is 6.08. The number of para-hydroxylation sites is 1. The molecule has 27 heavy (non-hydrogen) atoms. The minimum Gasteiger partial charge on any atom is -0.365 e. The maximum atomic E-state index is 12.0. The van der Waals surface area contributed by atoms with Gasteiger partial charge in [0, 0.05) is 23.0 Å². The molecule has 0 unspecified atom stereocenters. The number of primary amides is 1. The van der Waals surface area contributed by atoms with Gasteiger partial charge in [-0.25, -0.2) is 4.98 Å². The summed E-state index contributed by atoms with van der Waals surface area (Å²) in [5.74, 6) is -0.511. The first-order valence-corrected chi connectivity index (χ1v) is 8.89. The summed E-state index contributed by atoms with van der Waals surface area (Å²) < 4.78 is 0. The molecular formula is C22H20N4O. The van der Waals surface area contributed by atoms with E-state index in [0.29, 0.717) is 16.9 Å². The van der Waals surface area contributed by atoms with E-state index in [9.17, 15) is 4.79 Å². The Morgan fingerprint density at radius 3 is 2.59 bits per heavy atom. The molecule has 4 aromatic rings. The van der Waals surface area contributed by atoms with Gasteiger partial charge in [-0.2, -0.15) is 0 Å². The summed E-state index contributed by atoms with van der Waals surface area (Å²) in [5.41, 5.74) is 11.5. The SMILES string of the molecule is CCc1ccccc1Nc1c(C(N)=O)cnc2[nH]c(-c3ccccc3)cc12. The number of rotatable bonds is 5. The molecule has 0 saturated heterocycles. The molecule has 0 aliphatic carbocycles. The summed E-state index contributed by atoms with van der Waals surface area (Å²) in [6.07, 6.45) is 2.40. The van der Waals surface area contributed by atoms with Crippen LogP contribution in [0.2, 0.25) is 0 Å². The molecule has 2 heterocycles. The van der Waals surface area contributed by atoms with E-state index < -0.39 is 5.91 Å². The van der Waals surface area contributed by atoms with E-state index in [4.69, 9.17) is 5.73 Å². The lowest BCUT2D eigenvalue weighted by Gasteiger charge is -2.14. The number of H-pyrrole nitrogens is 1. The number of benzene rings is 2. The highest BCUT2D eigenvalue weighted by Gasteiger charge is 2.17. The van der Waals surface area contributed by atoms with Crippen LogP contribution in [0, 0.1) is 0 Å². The van der Waals surface area contributed by atoms with Crippen LogP contribution in [0.15, 0.2) is 66.9 Å². The number of anilines is 2. The fourth-order valence-corrected chi connectivity index (χ4v) is 3.25. The van der Waals surface area contributed by atoms with Crippen LogP contribution in [0.1, 0.15) is 22.8 Å². The molecular weight excluding hydrogens is 336 g/mol. The van der Waals surface area contributed by atoms with E-state index in [2.05, 4.69) is 28.3 Å². The number of hydrogen-bond donors (Lipinski definition) is 3. The number of carbonyl (C=O) groups is 1. The van der Waals surface area contributed by atoms with Crippen LogP contribution in [0.5, 0.6) is 0 Å². The monoisotopic (exact) mass is 356 g/mol. The fourth-order valence-electron chi connectivity index (χ4n) is 3.25. The van der Waals surface area contributed by atoms with Crippen molar-refractivity contribution in [2.75, 3.05) is 5.32 Å². The van der Waals surface area contributed by atoms with Gasteiger partial charge in [-0.1, -0.05) is 55.5 Å². The van der Waals surface area contributed by atoms with Crippen molar-refractivity contribution in [1.82, 2.24) is 9.97 Å². The van der Waals surface area contributed by atoms with Crippen LogP contribution in [0.3, 0.4) is 0 Å². The van der Waals surface area contributed by atoms with E-state index in [-0.39, 0.29) is 0 Å². The molecule has 0 bridgehead atoms. The number of aromatic nitrogens is 2. The third-order valence-electron chi connectivity index (χ3n) is 4.67. The molecule has 5 nitrogen and oxygen atoms in total. The maximum Gasteiger partial charge on any atom is 0.252 e. The number of amides is 1. The van der Waals surface area contributed by atoms with Crippen LogP contribution < -0.4 is 11.1 Å². The Balaban J connectivity index is 1.89. The van der Waals surface area contributed by atoms with E-state index in [1.165, 1.54) is 6.20 Å². The van der Waals surface area contributed by atoms with Gasteiger partial charge in [-0.05, 0) is 29.7 Å². The molecule has 5 heteroatoms. The van der Waals surface area contributed by atoms with Crippen molar-refractivity contribution in [3.8, 4) is 11.3 Å². The average molecular weight is 356 g/mol. The van der Waals surface area contributed by atoms with Gasteiger partial charge in [0.05, 0.1) is 11.3 Å². The van der Waals surface area contributed by atoms with Crippen molar-refractivity contribution in [3.63, 3.8) is 0 Å². The Labute approximate surface area is 157 Å². The highest BCUT2D eigenvalue weighted by atomic mass is 16.1. The van der Waals surface area contributed by atoms with Gasteiger partial charge >= 0.3 is 0 Å². The standard InChI is InChI=1S/C22H20N4O/c1-2-14-8-6-7-11-18(14)25-20-16-12-19(15-9-4-3-5-10-15)26-22(16)24-13-17(20)21(23)27/h3-13H,2H2,1H3,(H2,23,27)(H2,24,25,26). The average Bonchev–Trinajstić information content (AvgIpc) is 3.14. The smallest absolute Gasteiger partial charge is 0.252 e. The lowest BCUT2D eigenvalue weighted by atomic mass is 10.1. The molecule has 134 valence electrons. The minimum absolute atomic E-state index is 0.368. The minimum atomic E-state index is -0.511. The lowest BCUT2D eigenvalue weighted by Crippen LogP contribution is -2.14. The summed E-state index contributed by atoms with van der Waals surface area (Å²) in [5, 5.41) is 4.25. The molecule has 0 spiro atoms. The molecule has 0 radical (unpaired) electrons. The van der Waals surface area contributed by atoms with E-state index in [0.717, 1.165) is 34.3 Å². The van der Waals surface area contributed by atoms with Gasteiger partial charge < -0.3 is 16.0 Å². The van der Waals surface area contributed by atoms with Crippen LogP contribution in [-0.4, -0.2) is 15.9 Å². The maximum absolute atomic E-state index is 12.0. The number of hydrogen-bond acceptors (Lipinski definition) is 3. The van der Waals surface area contributed by atoms with Crippen molar-refractivity contribution in [2.24, 2.45) is 5.73 Å². The number of nitrogens with one attached hydrogen (secondary N) is 2. The number of fused-ring (bicyclic) bond motifs is 1. The largest absolute Gasteiger partial charge is 0.365 e. The zero-order valence-electron chi connectivity index (χ0n) is 15.0. The molecule has 0 atom stereocenters. The number of carbonyl (C=O) groups excluding carboxylic acids is 1. The molecule has 0 aliphatic rings. The second-order valence-corrected chi connectivity index (χ2v) is 6.36. The molecule has 0 aliphatic heterocycles. The summed E-state index contributed by atoms with van der Waals surface area (Å²) in [6, 6.07) is 20.0. The van der Waals surface area contributed by atoms with Gasteiger partial charge in [0.2, 0.25) is 0 Å². The Kier molecular flexibility index (Phi) is 4.34. The lowest BCUT2D eigenvalue weighted by molar-refractivity contribution is 0.100. The molecule has 0 saturated carbocycles. The summed E-state index contributed by atoms with van der Waals surface area (Å²) in [7, 11) is 0. The summed E-state index contributed by atoms with van der Waals surface area (Å²) in [4.78, 5) is 19.7. The normalized spacial score (nSPS) is 10.9. The Morgan fingerprint density at radius 2 is 1.85 bits per heavy atom. The van der Waals surface area contributed by atoms with E-state index >= 15 is 0 Å². The summed E-state index contributed by atoms with van der Waals surface area (Å²) in [6.45, 7) is 2.10. The predicted octanol–water partition coefficient (Wildman–Crippen LogP) is 4.63. The first-order chi connectivity index (χ1) is 13.2. The van der Waals surface area contributed by atoms with Crippen LogP contribution >= 0.6 is 0 Å². The highest BCUT2D eigenvalue weighted by Crippen LogP contribution is 2.33. The van der Waals surface area contributed by atoms with Crippen molar-refractivity contribution in [2.45, 2.75) is 13.3 Å². The van der Waals surface area contributed by atoms with E-state index in [1.807, 2.05) is 54.6 Å². The Morgan fingerprint density at radius 1 is 1.11 bits per heavy atom. The zero-order chi connectivity index (χ0) is 18.8. The molecule has 0 fully saturated rings. The van der Waals surface area contributed by atoms with Crippen LogP contribution in [-0.2, 0) is 6.42 Å². The second kappa shape index (κ2) is 6.96. The summed E-state index contributed by atoms with van der Waals surface area (Å²) >= 11 is 0. The molecule has 2 aromatic heterocycles.